The molecule has 2 N–H and O–H groups in total. The number of carboxylic acids is 2. The van der Waals surface area contributed by atoms with Gasteiger partial charge in [0, 0.05) is 0 Å². The Hall–Kier alpha value is -2.18. The van der Waals surface area contributed by atoms with E-state index in [9.17, 15) is 9.59 Å². The topological polar surface area (TPSA) is 93.1 Å². The molecule has 1 saturated heterocycles. The number of aliphatic carboxylic acids is 2. The highest BCUT2D eigenvalue weighted by atomic mass is 16.7. The maximum Gasteiger partial charge on any atom is 0.336 e. The van der Waals surface area contributed by atoms with Crippen molar-refractivity contribution in [2.75, 3.05) is 0 Å². The van der Waals surface area contributed by atoms with Gasteiger partial charge in [0.2, 0.25) is 0 Å². The first-order chi connectivity index (χ1) is 13.6. The van der Waals surface area contributed by atoms with Crippen molar-refractivity contribution in [2.45, 2.75) is 84.7 Å². The van der Waals surface area contributed by atoms with Crippen LogP contribution < -0.4 is 0 Å². The molecule has 0 aromatic heterocycles. The summed E-state index contributed by atoms with van der Waals surface area (Å²) in [5.41, 5.74) is 4.56. The van der Waals surface area contributed by atoms with Crippen molar-refractivity contribution in [3.63, 3.8) is 0 Å². The zero-order chi connectivity index (χ0) is 22.0. The molecule has 0 bridgehead atoms. The van der Waals surface area contributed by atoms with Gasteiger partial charge in [0.1, 0.15) is 0 Å². The van der Waals surface area contributed by atoms with Crippen molar-refractivity contribution in [1.29, 1.82) is 0 Å². The van der Waals surface area contributed by atoms with Gasteiger partial charge in [0.05, 0.1) is 0 Å². The van der Waals surface area contributed by atoms with E-state index < -0.39 is 30.4 Å². The van der Waals surface area contributed by atoms with Crippen LogP contribution in [0.3, 0.4) is 0 Å². The largest absolute Gasteiger partial charge is 0.479 e. The Balaban J connectivity index is 2.38. The molecular formula is C23H34O6. The lowest BCUT2D eigenvalue weighted by molar-refractivity contribution is -0.156. The third-order valence-corrected chi connectivity index (χ3v) is 4.72. The highest BCUT2D eigenvalue weighted by Crippen LogP contribution is 2.26. The van der Waals surface area contributed by atoms with Crippen LogP contribution in [0.2, 0.25) is 0 Å². The van der Waals surface area contributed by atoms with Crippen LogP contribution in [0.1, 0.15) is 66.2 Å². The highest BCUT2D eigenvalue weighted by Gasteiger charge is 2.46. The van der Waals surface area contributed by atoms with E-state index in [0.717, 1.165) is 25.7 Å². The predicted molar refractivity (Wildman–Crippen MR) is 113 cm³/mol. The zero-order valence-electron chi connectivity index (χ0n) is 17.9. The number of hydrogen-bond donors (Lipinski definition) is 2. The molecule has 1 aliphatic heterocycles. The van der Waals surface area contributed by atoms with Crippen molar-refractivity contribution in [3.05, 3.63) is 47.1 Å². The van der Waals surface area contributed by atoms with Crippen LogP contribution in [0.5, 0.6) is 0 Å². The van der Waals surface area contributed by atoms with E-state index in [1.807, 2.05) is 0 Å². The number of allylic oxidation sites excluding steroid dienone is 6. The lowest BCUT2D eigenvalue weighted by atomic mass is 10.0. The van der Waals surface area contributed by atoms with Crippen LogP contribution in [-0.2, 0) is 19.1 Å². The Morgan fingerprint density at radius 2 is 1.21 bits per heavy atom. The van der Waals surface area contributed by atoms with Crippen molar-refractivity contribution < 1.29 is 29.3 Å². The molecule has 1 fully saturated rings. The fourth-order valence-electron chi connectivity index (χ4n) is 2.97. The molecule has 0 aliphatic carbocycles. The number of carbonyl (C=O) groups is 2. The second-order valence-electron chi connectivity index (χ2n) is 7.78. The molecule has 1 rings (SSSR count). The Morgan fingerprint density at radius 3 is 1.62 bits per heavy atom. The Labute approximate surface area is 173 Å². The first-order valence-electron chi connectivity index (χ1n) is 10.0. The van der Waals surface area contributed by atoms with Crippen molar-refractivity contribution >= 4 is 11.9 Å². The molecule has 162 valence electrons. The van der Waals surface area contributed by atoms with Crippen LogP contribution >= 0.6 is 0 Å². The summed E-state index contributed by atoms with van der Waals surface area (Å²) in [6.45, 7) is 12.3. The minimum atomic E-state index is -1.52. The first-order valence-corrected chi connectivity index (χ1v) is 10.0. The summed E-state index contributed by atoms with van der Waals surface area (Å²) in [4.78, 5) is 22.2. The second-order valence-corrected chi connectivity index (χ2v) is 7.78. The molecule has 6 heteroatoms. The van der Waals surface area contributed by atoms with Crippen molar-refractivity contribution in [1.82, 2.24) is 0 Å². The van der Waals surface area contributed by atoms with E-state index in [1.165, 1.54) is 16.7 Å². The Morgan fingerprint density at radius 1 is 0.793 bits per heavy atom. The minimum Gasteiger partial charge on any atom is -0.479 e. The Kier molecular flexibility index (Phi) is 10.6. The normalized spacial score (nSPS) is 22.4. The van der Waals surface area contributed by atoms with Crippen molar-refractivity contribution in [2.24, 2.45) is 0 Å². The summed E-state index contributed by atoms with van der Waals surface area (Å²) in [6.07, 6.45) is 8.03. The molecule has 2 unspecified atom stereocenters. The number of hydrogen-bond acceptors (Lipinski definition) is 4. The summed E-state index contributed by atoms with van der Waals surface area (Å²) in [5.74, 6) is -2.71. The van der Waals surface area contributed by atoms with Crippen LogP contribution in [0.15, 0.2) is 47.1 Å². The number of ether oxygens (including phenoxy) is 2. The van der Waals surface area contributed by atoms with Gasteiger partial charge in [0.15, 0.2) is 18.5 Å². The van der Waals surface area contributed by atoms with Crippen molar-refractivity contribution in [3.8, 4) is 0 Å². The zero-order valence-corrected chi connectivity index (χ0v) is 17.9. The van der Waals surface area contributed by atoms with Gasteiger partial charge in [-0.2, -0.15) is 0 Å². The molecule has 6 nitrogen and oxygen atoms in total. The third kappa shape index (κ3) is 9.24. The van der Waals surface area contributed by atoms with E-state index in [4.69, 9.17) is 19.7 Å². The fraction of sp³-hybridized carbons (Fsp3) is 0.565. The molecule has 0 saturated carbocycles. The molecule has 0 radical (unpaired) electrons. The van der Waals surface area contributed by atoms with Gasteiger partial charge in [-0.1, -0.05) is 41.5 Å². The van der Waals surface area contributed by atoms with Gasteiger partial charge in [0.25, 0.3) is 0 Å². The van der Waals surface area contributed by atoms with E-state index in [1.54, 1.807) is 0 Å². The summed E-state index contributed by atoms with van der Waals surface area (Å²) in [6, 6.07) is 0. The van der Waals surface area contributed by atoms with Crippen LogP contribution in [0.25, 0.3) is 0 Å². The molecule has 0 aromatic rings. The molecule has 0 spiro atoms. The SMILES string of the molecule is C=C(CCC=C(C)CCC=C(C)CCC=C(C)C)C1OC(C(=O)O)C(C(=O)O)O1. The molecule has 2 atom stereocenters. The molecule has 29 heavy (non-hydrogen) atoms. The lowest BCUT2D eigenvalue weighted by Gasteiger charge is -2.12. The summed E-state index contributed by atoms with van der Waals surface area (Å²) in [5, 5.41) is 18.1. The minimum absolute atomic E-state index is 0.540. The molecule has 1 aliphatic rings. The summed E-state index contributed by atoms with van der Waals surface area (Å²) >= 11 is 0. The average molecular weight is 407 g/mol. The fourth-order valence-corrected chi connectivity index (χ4v) is 2.97. The quantitative estimate of drug-likeness (QED) is 0.442. The van der Waals surface area contributed by atoms with Gasteiger partial charge in [-0.15, -0.1) is 0 Å². The summed E-state index contributed by atoms with van der Waals surface area (Å²) < 4.78 is 10.4. The third-order valence-electron chi connectivity index (χ3n) is 4.72. The number of rotatable bonds is 12. The summed E-state index contributed by atoms with van der Waals surface area (Å²) in [7, 11) is 0. The standard InChI is InChI=1S/C23H34O6/c1-15(2)9-6-10-16(3)11-7-12-17(4)13-8-14-18(5)23-28-19(21(24)25)20(29-23)22(26)27/h9,11,13,19-20,23H,5-8,10,12,14H2,1-4H3,(H,24,25)(H,26,27). The molecule has 0 amide bonds. The van der Waals surface area contributed by atoms with Crippen LogP contribution in [0, 0.1) is 0 Å². The smallest absolute Gasteiger partial charge is 0.336 e. The monoisotopic (exact) mass is 406 g/mol. The highest BCUT2D eigenvalue weighted by molar-refractivity contribution is 5.84. The maximum absolute atomic E-state index is 11.1. The molecule has 1 heterocycles. The second kappa shape index (κ2) is 12.4. The number of carboxylic acid groups (broad SMARTS) is 2. The Bertz CT molecular complexity index is 659. The van der Waals surface area contributed by atoms with Gasteiger partial charge < -0.3 is 19.7 Å². The van der Waals surface area contributed by atoms with Crippen LogP contribution in [0.4, 0.5) is 0 Å². The van der Waals surface area contributed by atoms with Gasteiger partial charge in [-0.3, -0.25) is 0 Å². The van der Waals surface area contributed by atoms with E-state index in [-0.39, 0.29) is 0 Å². The first kappa shape index (κ1) is 24.9. The maximum atomic E-state index is 11.1. The predicted octanol–water partition coefficient (Wildman–Crippen LogP) is 5.02. The molecule has 0 aromatic carbocycles. The van der Waals surface area contributed by atoms with Gasteiger partial charge in [-0.05, 0) is 71.8 Å². The van der Waals surface area contributed by atoms with Gasteiger partial charge >= 0.3 is 11.9 Å². The van der Waals surface area contributed by atoms with E-state index >= 15 is 0 Å². The molecular weight excluding hydrogens is 372 g/mol. The van der Waals surface area contributed by atoms with E-state index in [2.05, 4.69) is 52.5 Å². The lowest BCUT2D eigenvalue weighted by Crippen LogP contribution is -2.36. The average Bonchev–Trinajstić information content (AvgIpc) is 3.07. The van der Waals surface area contributed by atoms with Crippen LogP contribution in [-0.4, -0.2) is 40.6 Å². The van der Waals surface area contributed by atoms with E-state index in [0.29, 0.717) is 18.4 Å². The van der Waals surface area contributed by atoms with Gasteiger partial charge in [-0.25, -0.2) is 9.59 Å².